The third-order valence-corrected chi connectivity index (χ3v) is 4.83. The van der Waals surface area contributed by atoms with Crippen LogP contribution in [0.25, 0.3) is 0 Å². The average Bonchev–Trinajstić information content (AvgIpc) is 3.07. The summed E-state index contributed by atoms with van der Waals surface area (Å²) in [5, 5.41) is 9.37. The number of nitrogens with zero attached hydrogens (tertiary/aromatic N) is 2. The van der Waals surface area contributed by atoms with Gasteiger partial charge in [-0.1, -0.05) is 0 Å². The first-order chi connectivity index (χ1) is 10.4. The van der Waals surface area contributed by atoms with Crippen molar-refractivity contribution in [2.24, 2.45) is 24.8 Å². The first-order valence-corrected chi connectivity index (χ1v) is 7.58. The fraction of sp³-hybridized carbons (Fsp3) is 0.562. The van der Waals surface area contributed by atoms with Crippen LogP contribution in [0.4, 0.5) is 0 Å². The maximum absolute atomic E-state index is 12.7. The van der Waals surface area contributed by atoms with Crippen LogP contribution in [0.15, 0.2) is 12.3 Å². The molecule has 0 bridgehead atoms. The number of carbonyl (C=O) groups is 3. The van der Waals surface area contributed by atoms with Crippen LogP contribution in [-0.2, 0) is 11.8 Å². The Labute approximate surface area is 128 Å². The third kappa shape index (κ3) is 2.53. The second-order valence-electron chi connectivity index (χ2n) is 6.44. The standard InChI is InChI=1S/C16H20N2O4/c1-9(19)11-5-14(17(2)6-11)15(20)18-7-12(10-3-4-10)13(8-18)16(21)22/h5-6,10,12-13H,3-4,7-8H2,1-2H3,(H,21,22)/t12-,13+/m1/s1. The van der Waals surface area contributed by atoms with Gasteiger partial charge in [0.05, 0.1) is 5.92 Å². The summed E-state index contributed by atoms with van der Waals surface area (Å²) in [6.07, 6.45) is 3.77. The molecule has 3 rings (SSSR count). The zero-order valence-corrected chi connectivity index (χ0v) is 12.8. The van der Waals surface area contributed by atoms with Gasteiger partial charge in [-0.2, -0.15) is 0 Å². The molecule has 2 aliphatic rings. The molecule has 1 aromatic heterocycles. The van der Waals surface area contributed by atoms with Crippen molar-refractivity contribution in [3.63, 3.8) is 0 Å². The highest BCUT2D eigenvalue weighted by Gasteiger charge is 2.47. The van der Waals surface area contributed by atoms with E-state index in [1.54, 1.807) is 28.8 Å². The normalized spacial score (nSPS) is 24.5. The first-order valence-electron chi connectivity index (χ1n) is 7.58. The molecule has 1 saturated heterocycles. The summed E-state index contributed by atoms with van der Waals surface area (Å²) in [6, 6.07) is 1.59. The van der Waals surface area contributed by atoms with Crippen LogP contribution in [0.1, 0.15) is 40.6 Å². The second-order valence-corrected chi connectivity index (χ2v) is 6.44. The molecule has 1 aliphatic carbocycles. The highest BCUT2D eigenvalue weighted by Crippen LogP contribution is 2.44. The number of Topliss-reactive ketones (excluding diaryl/α,β-unsaturated/α-hetero) is 1. The molecule has 0 spiro atoms. The molecule has 6 nitrogen and oxygen atoms in total. The number of likely N-dealkylation sites (tertiary alicyclic amines) is 1. The van der Waals surface area contributed by atoms with Gasteiger partial charge in [0, 0.05) is 31.9 Å². The molecule has 0 aromatic carbocycles. The summed E-state index contributed by atoms with van der Waals surface area (Å²) in [6.45, 7) is 2.22. The summed E-state index contributed by atoms with van der Waals surface area (Å²) in [5.74, 6) is -1.05. The van der Waals surface area contributed by atoms with Crippen LogP contribution in [0.5, 0.6) is 0 Å². The van der Waals surface area contributed by atoms with Crippen LogP contribution in [0, 0.1) is 17.8 Å². The van der Waals surface area contributed by atoms with Crippen molar-refractivity contribution >= 4 is 17.7 Å². The topological polar surface area (TPSA) is 79.6 Å². The molecule has 22 heavy (non-hydrogen) atoms. The minimum absolute atomic E-state index is 0.0639. The number of hydrogen-bond acceptors (Lipinski definition) is 3. The molecule has 118 valence electrons. The molecule has 1 aromatic rings. The molecular weight excluding hydrogens is 284 g/mol. The van der Waals surface area contributed by atoms with Gasteiger partial charge in [-0.05, 0) is 37.7 Å². The number of carbonyl (C=O) groups excluding carboxylic acids is 2. The Morgan fingerprint density at radius 1 is 1.23 bits per heavy atom. The van der Waals surface area contributed by atoms with E-state index >= 15 is 0 Å². The molecule has 2 atom stereocenters. The zero-order valence-electron chi connectivity index (χ0n) is 12.8. The van der Waals surface area contributed by atoms with Crippen molar-refractivity contribution in [2.75, 3.05) is 13.1 Å². The molecule has 1 N–H and O–H groups in total. The van der Waals surface area contributed by atoms with E-state index in [4.69, 9.17) is 0 Å². The van der Waals surface area contributed by atoms with E-state index in [9.17, 15) is 19.5 Å². The monoisotopic (exact) mass is 304 g/mol. The fourth-order valence-corrected chi connectivity index (χ4v) is 3.39. The summed E-state index contributed by atoms with van der Waals surface area (Å²) >= 11 is 0. The Morgan fingerprint density at radius 2 is 1.91 bits per heavy atom. The first kappa shape index (κ1) is 14.8. The van der Waals surface area contributed by atoms with Gasteiger partial charge in [-0.3, -0.25) is 14.4 Å². The van der Waals surface area contributed by atoms with Crippen molar-refractivity contribution in [1.82, 2.24) is 9.47 Å². The van der Waals surface area contributed by atoms with Gasteiger partial charge < -0.3 is 14.6 Å². The van der Waals surface area contributed by atoms with Crippen molar-refractivity contribution in [2.45, 2.75) is 19.8 Å². The Morgan fingerprint density at radius 3 is 2.41 bits per heavy atom. The molecule has 1 aliphatic heterocycles. The van der Waals surface area contributed by atoms with Gasteiger partial charge in [0.2, 0.25) is 0 Å². The molecule has 0 unspecified atom stereocenters. The summed E-state index contributed by atoms with van der Waals surface area (Å²) in [7, 11) is 1.72. The van der Waals surface area contributed by atoms with Gasteiger partial charge in [-0.25, -0.2) is 0 Å². The number of aryl methyl sites for hydroxylation is 1. The van der Waals surface area contributed by atoms with E-state index in [2.05, 4.69) is 0 Å². The van der Waals surface area contributed by atoms with Gasteiger partial charge in [0.15, 0.2) is 5.78 Å². The summed E-state index contributed by atoms with van der Waals surface area (Å²) in [5.41, 5.74) is 0.935. The third-order valence-electron chi connectivity index (χ3n) is 4.83. The van der Waals surface area contributed by atoms with E-state index in [0.717, 1.165) is 12.8 Å². The van der Waals surface area contributed by atoms with Gasteiger partial charge in [0.1, 0.15) is 5.69 Å². The van der Waals surface area contributed by atoms with E-state index in [1.807, 2.05) is 0 Å². The number of aliphatic carboxylic acids is 1. The van der Waals surface area contributed by atoms with Crippen LogP contribution in [0.2, 0.25) is 0 Å². The summed E-state index contributed by atoms with van der Waals surface area (Å²) < 4.78 is 1.64. The quantitative estimate of drug-likeness (QED) is 0.853. The number of amides is 1. The van der Waals surface area contributed by atoms with E-state index in [0.29, 0.717) is 23.7 Å². The number of rotatable bonds is 4. The number of ketones is 1. The smallest absolute Gasteiger partial charge is 0.308 e. The van der Waals surface area contributed by atoms with E-state index < -0.39 is 11.9 Å². The van der Waals surface area contributed by atoms with Crippen molar-refractivity contribution in [1.29, 1.82) is 0 Å². The lowest BCUT2D eigenvalue weighted by atomic mass is 9.92. The zero-order chi connectivity index (χ0) is 16.0. The Hall–Kier alpha value is -2.11. The molecule has 6 heteroatoms. The summed E-state index contributed by atoms with van der Waals surface area (Å²) in [4.78, 5) is 37.1. The highest BCUT2D eigenvalue weighted by molar-refractivity contribution is 5.99. The van der Waals surface area contributed by atoms with Crippen molar-refractivity contribution in [3.05, 3.63) is 23.5 Å². The van der Waals surface area contributed by atoms with Gasteiger partial charge >= 0.3 is 5.97 Å². The molecule has 2 heterocycles. The Balaban J connectivity index is 1.81. The molecule has 1 amide bonds. The molecule has 2 fully saturated rings. The highest BCUT2D eigenvalue weighted by atomic mass is 16.4. The lowest BCUT2D eigenvalue weighted by Gasteiger charge is -2.16. The minimum Gasteiger partial charge on any atom is -0.481 e. The minimum atomic E-state index is -0.816. The predicted octanol–water partition coefficient (Wildman–Crippen LogP) is 1.41. The van der Waals surface area contributed by atoms with Crippen molar-refractivity contribution < 1.29 is 19.5 Å². The molecular formula is C16H20N2O4. The Bertz CT molecular complexity index is 645. The maximum Gasteiger partial charge on any atom is 0.308 e. The number of carboxylic acids is 1. The van der Waals surface area contributed by atoms with Crippen LogP contribution >= 0.6 is 0 Å². The van der Waals surface area contributed by atoms with Crippen LogP contribution in [-0.4, -0.2) is 45.3 Å². The molecule has 0 radical (unpaired) electrons. The lowest BCUT2D eigenvalue weighted by Crippen LogP contribution is -2.31. The number of aromatic nitrogens is 1. The molecule has 1 saturated carbocycles. The van der Waals surface area contributed by atoms with Crippen LogP contribution in [0.3, 0.4) is 0 Å². The maximum atomic E-state index is 12.7. The predicted molar refractivity (Wildman–Crippen MR) is 78.7 cm³/mol. The van der Waals surface area contributed by atoms with E-state index in [-0.39, 0.29) is 24.2 Å². The second kappa shape index (κ2) is 5.26. The van der Waals surface area contributed by atoms with E-state index in [1.165, 1.54) is 6.92 Å². The SMILES string of the molecule is CC(=O)c1cc(C(=O)N2C[C@H](C(=O)O)[C@@H](C3CC3)C2)n(C)c1. The van der Waals surface area contributed by atoms with Gasteiger partial charge in [0.25, 0.3) is 5.91 Å². The fourth-order valence-electron chi connectivity index (χ4n) is 3.39. The lowest BCUT2D eigenvalue weighted by molar-refractivity contribution is -0.142. The Kier molecular flexibility index (Phi) is 3.54. The van der Waals surface area contributed by atoms with Crippen LogP contribution < -0.4 is 0 Å². The number of hydrogen-bond donors (Lipinski definition) is 1. The average molecular weight is 304 g/mol. The number of carboxylic acid groups (broad SMARTS) is 1. The van der Waals surface area contributed by atoms with Gasteiger partial charge in [-0.15, -0.1) is 0 Å². The largest absolute Gasteiger partial charge is 0.481 e. The van der Waals surface area contributed by atoms with Crippen molar-refractivity contribution in [3.8, 4) is 0 Å².